The van der Waals surface area contributed by atoms with Gasteiger partial charge in [0.05, 0.1) is 12.7 Å². The first kappa shape index (κ1) is 9.88. The fourth-order valence-electron chi connectivity index (χ4n) is 0.654. The first-order valence-corrected chi connectivity index (χ1v) is 3.53. The number of aliphatic hydroxyl groups excluding tert-OH is 2. The summed E-state index contributed by atoms with van der Waals surface area (Å²) < 4.78 is 0. The summed E-state index contributed by atoms with van der Waals surface area (Å²) in [4.78, 5) is 0. The Kier molecular flexibility index (Phi) is 3.86. The molecular weight excluding hydrogens is 130 g/mol. The Balaban J connectivity index is 3.78. The Bertz CT molecular complexity index is 93.6. The lowest BCUT2D eigenvalue weighted by Crippen LogP contribution is -2.34. The number of hydrogen-bond acceptors (Lipinski definition) is 3. The van der Waals surface area contributed by atoms with Crippen molar-refractivity contribution >= 4 is 0 Å². The van der Waals surface area contributed by atoms with Crippen molar-refractivity contribution in [2.24, 2.45) is 11.1 Å². The van der Waals surface area contributed by atoms with E-state index in [2.05, 4.69) is 0 Å². The Morgan fingerprint density at radius 1 is 1.50 bits per heavy atom. The Morgan fingerprint density at radius 3 is 2.30 bits per heavy atom. The van der Waals surface area contributed by atoms with Crippen LogP contribution in [0.5, 0.6) is 0 Å². The van der Waals surface area contributed by atoms with Crippen LogP contribution in [0.4, 0.5) is 0 Å². The van der Waals surface area contributed by atoms with Gasteiger partial charge >= 0.3 is 0 Å². The summed E-state index contributed by atoms with van der Waals surface area (Å²) in [6, 6.07) is 0. The molecule has 62 valence electrons. The van der Waals surface area contributed by atoms with Gasteiger partial charge in [-0.3, -0.25) is 0 Å². The van der Waals surface area contributed by atoms with Crippen molar-refractivity contribution < 1.29 is 10.2 Å². The second kappa shape index (κ2) is 3.91. The third-order valence-electron chi connectivity index (χ3n) is 1.75. The maximum absolute atomic E-state index is 9.34. The van der Waals surface area contributed by atoms with Crippen LogP contribution in [0.1, 0.15) is 20.3 Å². The zero-order valence-electron chi connectivity index (χ0n) is 6.67. The van der Waals surface area contributed by atoms with Gasteiger partial charge in [-0.05, 0) is 13.0 Å². The fraction of sp³-hybridized carbons (Fsp3) is 1.00. The maximum Gasteiger partial charge on any atom is 0.0625 e. The molecule has 0 aromatic heterocycles. The third-order valence-corrected chi connectivity index (χ3v) is 1.75. The molecule has 0 heterocycles. The van der Waals surface area contributed by atoms with E-state index in [1.807, 2.05) is 13.8 Å². The molecule has 0 spiro atoms. The summed E-state index contributed by atoms with van der Waals surface area (Å²) in [6.45, 7) is 4.08. The number of nitrogens with two attached hydrogens (primary N) is 1. The summed E-state index contributed by atoms with van der Waals surface area (Å²) in [5, 5.41) is 18.1. The van der Waals surface area contributed by atoms with Crippen LogP contribution >= 0.6 is 0 Å². The standard InChI is InChI=1S/C7H17NO2/c1-7(2,5-9)6(10)3-4-8/h6,9-10H,3-5,8H2,1-2H3/t6-/m1/s1. The highest BCUT2D eigenvalue weighted by Crippen LogP contribution is 2.21. The summed E-state index contributed by atoms with van der Waals surface area (Å²) in [6.07, 6.45) is 0.0515. The minimum atomic E-state index is -0.498. The van der Waals surface area contributed by atoms with Crippen LogP contribution in [-0.4, -0.2) is 29.5 Å². The zero-order chi connectivity index (χ0) is 8.20. The molecular formula is C7H17NO2. The lowest BCUT2D eigenvalue weighted by molar-refractivity contribution is 0.00448. The fourth-order valence-corrected chi connectivity index (χ4v) is 0.654. The highest BCUT2D eigenvalue weighted by atomic mass is 16.3. The van der Waals surface area contributed by atoms with Crippen LogP contribution in [-0.2, 0) is 0 Å². The van der Waals surface area contributed by atoms with Crippen LogP contribution in [0.2, 0.25) is 0 Å². The molecule has 0 aromatic carbocycles. The SMILES string of the molecule is CC(C)(CO)[C@H](O)CCN. The van der Waals surface area contributed by atoms with Crippen LogP contribution in [0.25, 0.3) is 0 Å². The lowest BCUT2D eigenvalue weighted by atomic mass is 9.86. The Morgan fingerprint density at radius 2 is 2.00 bits per heavy atom. The minimum Gasteiger partial charge on any atom is -0.396 e. The second-order valence-electron chi connectivity index (χ2n) is 3.24. The normalized spacial score (nSPS) is 15.3. The van der Waals surface area contributed by atoms with E-state index >= 15 is 0 Å². The highest BCUT2D eigenvalue weighted by Gasteiger charge is 2.25. The molecule has 0 saturated heterocycles. The van der Waals surface area contributed by atoms with Gasteiger partial charge < -0.3 is 15.9 Å². The van der Waals surface area contributed by atoms with Crippen molar-refractivity contribution in [2.45, 2.75) is 26.4 Å². The molecule has 0 bridgehead atoms. The van der Waals surface area contributed by atoms with Gasteiger partial charge in [-0.2, -0.15) is 0 Å². The highest BCUT2D eigenvalue weighted by molar-refractivity contribution is 4.76. The molecule has 10 heavy (non-hydrogen) atoms. The molecule has 0 unspecified atom stereocenters. The van der Waals surface area contributed by atoms with E-state index in [0.717, 1.165) is 0 Å². The average Bonchev–Trinajstić information content (AvgIpc) is 1.89. The third kappa shape index (κ3) is 2.64. The molecule has 0 saturated carbocycles. The largest absolute Gasteiger partial charge is 0.396 e. The molecule has 0 aliphatic heterocycles. The van der Waals surface area contributed by atoms with Crippen molar-refractivity contribution in [1.29, 1.82) is 0 Å². The smallest absolute Gasteiger partial charge is 0.0625 e. The van der Waals surface area contributed by atoms with Crippen molar-refractivity contribution in [1.82, 2.24) is 0 Å². The molecule has 4 N–H and O–H groups in total. The van der Waals surface area contributed by atoms with Gasteiger partial charge in [0.25, 0.3) is 0 Å². The van der Waals surface area contributed by atoms with E-state index < -0.39 is 11.5 Å². The van der Waals surface area contributed by atoms with Crippen molar-refractivity contribution in [3.63, 3.8) is 0 Å². The van der Waals surface area contributed by atoms with Gasteiger partial charge in [-0.15, -0.1) is 0 Å². The Labute approximate surface area is 61.9 Å². The van der Waals surface area contributed by atoms with Gasteiger partial charge in [-0.1, -0.05) is 13.8 Å². The van der Waals surface area contributed by atoms with Crippen molar-refractivity contribution in [3.8, 4) is 0 Å². The maximum atomic E-state index is 9.34. The van der Waals surface area contributed by atoms with Crippen molar-refractivity contribution in [3.05, 3.63) is 0 Å². The molecule has 0 aliphatic carbocycles. The van der Waals surface area contributed by atoms with E-state index in [0.29, 0.717) is 13.0 Å². The van der Waals surface area contributed by atoms with Gasteiger partial charge in [-0.25, -0.2) is 0 Å². The zero-order valence-corrected chi connectivity index (χ0v) is 6.67. The molecule has 1 atom stereocenters. The van der Waals surface area contributed by atoms with Crippen molar-refractivity contribution in [2.75, 3.05) is 13.2 Å². The van der Waals surface area contributed by atoms with Crippen LogP contribution in [0.3, 0.4) is 0 Å². The van der Waals surface area contributed by atoms with Gasteiger partial charge in [0.15, 0.2) is 0 Å². The molecule has 0 amide bonds. The molecule has 0 aromatic rings. The molecule has 0 aliphatic rings. The summed E-state index contributed by atoms with van der Waals surface area (Å²) in [7, 11) is 0. The van der Waals surface area contributed by atoms with Gasteiger partial charge in [0.2, 0.25) is 0 Å². The van der Waals surface area contributed by atoms with Crippen LogP contribution < -0.4 is 5.73 Å². The predicted molar refractivity (Wildman–Crippen MR) is 40.5 cm³/mol. The molecule has 0 radical (unpaired) electrons. The minimum absolute atomic E-state index is 0.00579. The van der Waals surface area contributed by atoms with Gasteiger partial charge in [0, 0.05) is 5.41 Å². The number of hydrogen-bond donors (Lipinski definition) is 3. The predicted octanol–water partition coefficient (Wildman–Crippen LogP) is -0.285. The van der Waals surface area contributed by atoms with Crippen LogP contribution in [0.15, 0.2) is 0 Å². The van der Waals surface area contributed by atoms with E-state index in [1.165, 1.54) is 0 Å². The number of rotatable bonds is 4. The summed E-state index contributed by atoms with van der Waals surface area (Å²) >= 11 is 0. The molecule has 3 heteroatoms. The first-order valence-electron chi connectivity index (χ1n) is 3.53. The average molecular weight is 147 g/mol. The molecule has 0 rings (SSSR count). The number of aliphatic hydroxyl groups is 2. The monoisotopic (exact) mass is 147 g/mol. The molecule has 0 fully saturated rings. The van der Waals surface area contributed by atoms with E-state index in [9.17, 15) is 5.11 Å². The molecule has 3 nitrogen and oxygen atoms in total. The van der Waals surface area contributed by atoms with Gasteiger partial charge in [0.1, 0.15) is 0 Å². The van der Waals surface area contributed by atoms with Crippen LogP contribution in [0, 0.1) is 5.41 Å². The Hall–Kier alpha value is -0.120. The first-order chi connectivity index (χ1) is 4.54. The quantitative estimate of drug-likeness (QED) is 0.512. The summed E-state index contributed by atoms with van der Waals surface area (Å²) in [5.74, 6) is 0. The topological polar surface area (TPSA) is 66.5 Å². The van der Waals surface area contributed by atoms with E-state index in [1.54, 1.807) is 0 Å². The second-order valence-corrected chi connectivity index (χ2v) is 3.24. The summed E-state index contributed by atoms with van der Waals surface area (Å²) in [5.41, 5.74) is 4.82. The van der Waals surface area contributed by atoms with E-state index in [-0.39, 0.29) is 6.61 Å². The lowest BCUT2D eigenvalue weighted by Gasteiger charge is -2.27. The van der Waals surface area contributed by atoms with E-state index in [4.69, 9.17) is 10.8 Å².